The highest BCUT2D eigenvalue weighted by Crippen LogP contribution is 2.21. The van der Waals surface area contributed by atoms with Crippen molar-refractivity contribution in [3.63, 3.8) is 0 Å². The first-order valence-electron chi connectivity index (χ1n) is 8.44. The van der Waals surface area contributed by atoms with Gasteiger partial charge in [-0.1, -0.05) is 29.8 Å². The van der Waals surface area contributed by atoms with Crippen molar-refractivity contribution in [3.8, 4) is 11.4 Å². The first-order valence-corrected chi connectivity index (χ1v) is 8.44. The van der Waals surface area contributed by atoms with E-state index >= 15 is 0 Å². The molecule has 1 unspecified atom stereocenters. The Balaban J connectivity index is 1.65. The van der Waals surface area contributed by atoms with Crippen molar-refractivity contribution in [3.05, 3.63) is 71.8 Å². The van der Waals surface area contributed by atoms with E-state index in [0.29, 0.717) is 0 Å². The molecule has 3 rings (SSSR count). The summed E-state index contributed by atoms with van der Waals surface area (Å²) in [6, 6.07) is 13.6. The number of amides is 1. The van der Waals surface area contributed by atoms with Gasteiger partial charge in [-0.05, 0) is 37.6 Å². The van der Waals surface area contributed by atoms with Crippen molar-refractivity contribution < 1.29 is 9.53 Å². The quantitative estimate of drug-likeness (QED) is 0.742. The van der Waals surface area contributed by atoms with Gasteiger partial charge < -0.3 is 10.1 Å². The molecule has 0 spiro atoms. The van der Waals surface area contributed by atoms with E-state index < -0.39 is 0 Å². The number of carbonyl (C=O) groups is 1. The van der Waals surface area contributed by atoms with Gasteiger partial charge in [0.15, 0.2) is 0 Å². The molecule has 0 radical (unpaired) electrons. The Morgan fingerprint density at radius 1 is 1.23 bits per heavy atom. The summed E-state index contributed by atoms with van der Waals surface area (Å²) >= 11 is 0. The third kappa shape index (κ3) is 4.08. The molecule has 0 aliphatic heterocycles. The van der Waals surface area contributed by atoms with Gasteiger partial charge >= 0.3 is 0 Å². The van der Waals surface area contributed by atoms with Crippen molar-refractivity contribution in [2.45, 2.75) is 26.3 Å². The molecule has 1 amide bonds. The predicted octanol–water partition coefficient (Wildman–Crippen LogP) is 3.00. The van der Waals surface area contributed by atoms with E-state index in [1.807, 2.05) is 56.3 Å². The normalized spacial score (nSPS) is 11.8. The molecule has 0 saturated carbocycles. The van der Waals surface area contributed by atoms with Crippen molar-refractivity contribution in [1.29, 1.82) is 0 Å². The van der Waals surface area contributed by atoms with Gasteiger partial charge in [-0.15, -0.1) is 0 Å². The van der Waals surface area contributed by atoms with Crippen LogP contribution in [0.2, 0.25) is 0 Å². The first kappa shape index (κ1) is 17.7. The second-order valence-electron chi connectivity index (χ2n) is 6.21. The van der Waals surface area contributed by atoms with Crippen LogP contribution in [0.1, 0.15) is 29.7 Å². The van der Waals surface area contributed by atoms with Crippen LogP contribution in [-0.4, -0.2) is 27.8 Å². The number of ether oxygens (including phenoxy) is 1. The van der Waals surface area contributed by atoms with Gasteiger partial charge in [-0.25, -0.2) is 9.67 Å². The lowest BCUT2D eigenvalue weighted by Crippen LogP contribution is -2.28. The van der Waals surface area contributed by atoms with Crippen LogP contribution in [0.25, 0.3) is 5.69 Å². The Kier molecular flexibility index (Phi) is 5.31. The molecule has 0 aliphatic rings. The molecule has 2 aromatic carbocycles. The molecule has 0 saturated heterocycles. The number of hydrogen-bond acceptors (Lipinski definition) is 4. The van der Waals surface area contributed by atoms with Crippen LogP contribution in [-0.2, 0) is 11.2 Å². The summed E-state index contributed by atoms with van der Waals surface area (Å²) in [6.45, 7) is 3.97. The second-order valence-corrected chi connectivity index (χ2v) is 6.21. The van der Waals surface area contributed by atoms with Gasteiger partial charge in [0.25, 0.3) is 0 Å². The van der Waals surface area contributed by atoms with Gasteiger partial charge in [-0.2, -0.15) is 5.10 Å². The van der Waals surface area contributed by atoms with Gasteiger partial charge in [0.1, 0.15) is 18.4 Å². The fourth-order valence-corrected chi connectivity index (χ4v) is 2.85. The maximum atomic E-state index is 12.4. The topological polar surface area (TPSA) is 69.0 Å². The van der Waals surface area contributed by atoms with Gasteiger partial charge in [-0.3, -0.25) is 4.79 Å². The monoisotopic (exact) mass is 350 g/mol. The number of rotatable bonds is 6. The molecule has 1 N–H and O–H groups in total. The number of aryl methyl sites for hydroxylation is 1. The molecular weight excluding hydrogens is 328 g/mol. The summed E-state index contributed by atoms with van der Waals surface area (Å²) in [5.41, 5.74) is 3.94. The van der Waals surface area contributed by atoms with E-state index in [9.17, 15) is 4.79 Å². The summed E-state index contributed by atoms with van der Waals surface area (Å²) in [5.74, 6) is 0.692. The van der Waals surface area contributed by atoms with E-state index in [0.717, 1.165) is 28.1 Å². The minimum Gasteiger partial charge on any atom is -0.496 e. The first-order chi connectivity index (χ1) is 12.6. The third-order valence-corrected chi connectivity index (χ3v) is 4.24. The molecule has 1 heterocycles. The Labute approximate surface area is 152 Å². The summed E-state index contributed by atoms with van der Waals surface area (Å²) in [5, 5.41) is 7.14. The highest BCUT2D eigenvalue weighted by Gasteiger charge is 2.13. The van der Waals surface area contributed by atoms with Crippen LogP contribution >= 0.6 is 0 Å². The maximum absolute atomic E-state index is 12.4. The number of aromatic nitrogens is 3. The van der Waals surface area contributed by atoms with Crippen LogP contribution in [0.15, 0.2) is 55.1 Å². The number of methoxy groups -OCH3 is 1. The lowest BCUT2D eigenvalue weighted by molar-refractivity contribution is -0.121. The van der Waals surface area contributed by atoms with Crippen LogP contribution in [0.4, 0.5) is 0 Å². The molecule has 6 nitrogen and oxygen atoms in total. The molecule has 134 valence electrons. The van der Waals surface area contributed by atoms with Crippen molar-refractivity contribution in [2.75, 3.05) is 7.11 Å². The lowest BCUT2D eigenvalue weighted by Gasteiger charge is -2.16. The predicted molar refractivity (Wildman–Crippen MR) is 99.4 cm³/mol. The van der Waals surface area contributed by atoms with E-state index in [4.69, 9.17) is 4.74 Å². The molecular formula is C20H22N4O2. The Bertz CT molecular complexity index is 873. The standard InChI is InChI=1S/C20H22N4O2/c1-14-4-9-19(26-3)17(10-14)11-20(25)23-15(2)16-5-7-18(8-6-16)24-13-21-12-22-24/h4-10,12-13,15H,11H2,1-3H3,(H,23,25). The zero-order chi connectivity index (χ0) is 18.5. The number of nitrogens with zero attached hydrogens (tertiary/aromatic N) is 3. The van der Waals surface area contributed by atoms with Crippen LogP contribution < -0.4 is 10.1 Å². The number of benzene rings is 2. The largest absolute Gasteiger partial charge is 0.496 e. The fraction of sp³-hybridized carbons (Fsp3) is 0.250. The lowest BCUT2D eigenvalue weighted by atomic mass is 10.1. The van der Waals surface area contributed by atoms with Crippen molar-refractivity contribution >= 4 is 5.91 Å². The second kappa shape index (κ2) is 7.82. The van der Waals surface area contributed by atoms with E-state index in [2.05, 4.69) is 15.4 Å². The van der Waals surface area contributed by atoms with Crippen molar-refractivity contribution in [1.82, 2.24) is 20.1 Å². The average Bonchev–Trinajstić information content (AvgIpc) is 3.16. The van der Waals surface area contributed by atoms with Crippen LogP contribution in [0.5, 0.6) is 5.75 Å². The average molecular weight is 350 g/mol. The van der Waals surface area contributed by atoms with Gasteiger partial charge in [0.2, 0.25) is 5.91 Å². The Hall–Kier alpha value is -3.15. The smallest absolute Gasteiger partial charge is 0.225 e. The molecule has 0 aliphatic carbocycles. The van der Waals surface area contributed by atoms with E-state index in [1.165, 1.54) is 6.33 Å². The number of hydrogen-bond donors (Lipinski definition) is 1. The van der Waals surface area contributed by atoms with Gasteiger partial charge in [0, 0.05) is 5.56 Å². The molecule has 6 heteroatoms. The molecule has 26 heavy (non-hydrogen) atoms. The zero-order valence-electron chi connectivity index (χ0n) is 15.1. The summed E-state index contributed by atoms with van der Waals surface area (Å²) in [7, 11) is 1.62. The molecule has 0 fully saturated rings. The summed E-state index contributed by atoms with van der Waals surface area (Å²) < 4.78 is 7.04. The molecule has 1 aromatic heterocycles. The number of nitrogens with one attached hydrogen (secondary N) is 1. The Morgan fingerprint density at radius 2 is 2.00 bits per heavy atom. The Morgan fingerprint density at radius 3 is 2.65 bits per heavy atom. The van der Waals surface area contributed by atoms with E-state index in [1.54, 1.807) is 18.1 Å². The number of carbonyl (C=O) groups excluding carboxylic acids is 1. The minimum atomic E-state index is -0.0944. The van der Waals surface area contributed by atoms with Crippen LogP contribution in [0.3, 0.4) is 0 Å². The third-order valence-electron chi connectivity index (χ3n) is 4.24. The zero-order valence-corrected chi connectivity index (χ0v) is 15.1. The molecule has 3 aromatic rings. The van der Waals surface area contributed by atoms with E-state index in [-0.39, 0.29) is 18.4 Å². The summed E-state index contributed by atoms with van der Waals surface area (Å²) in [6.07, 6.45) is 3.43. The SMILES string of the molecule is COc1ccc(C)cc1CC(=O)NC(C)c1ccc(-n2cncn2)cc1. The minimum absolute atomic E-state index is 0.0400. The maximum Gasteiger partial charge on any atom is 0.225 e. The van der Waals surface area contributed by atoms with Crippen LogP contribution in [0, 0.1) is 6.92 Å². The molecule has 0 bridgehead atoms. The van der Waals surface area contributed by atoms with Crippen molar-refractivity contribution in [2.24, 2.45) is 0 Å². The molecule has 1 atom stereocenters. The highest BCUT2D eigenvalue weighted by molar-refractivity contribution is 5.79. The fourth-order valence-electron chi connectivity index (χ4n) is 2.85. The summed E-state index contributed by atoms with van der Waals surface area (Å²) in [4.78, 5) is 16.4. The highest BCUT2D eigenvalue weighted by atomic mass is 16.5. The van der Waals surface area contributed by atoms with Gasteiger partial charge in [0.05, 0.1) is 25.3 Å².